The highest BCUT2D eigenvalue weighted by atomic mass is 32.1. The van der Waals surface area contributed by atoms with E-state index in [4.69, 9.17) is 18.7 Å². The smallest absolute Gasteiger partial charge is 0.314 e. The maximum absolute atomic E-state index is 11.8. The van der Waals surface area contributed by atoms with E-state index in [0.717, 1.165) is 18.9 Å². The molecule has 7 heteroatoms. The largest absolute Gasteiger partial charge is 0.516 e. The van der Waals surface area contributed by atoms with Crippen molar-refractivity contribution in [2.24, 2.45) is 0 Å². The second-order valence-electron chi connectivity index (χ2n) is 9.63. The van der Waals surface area contributed by atoms with Gasteiger partial charge in [0, 0.05) is 20.6 Å². The number of methoxy groups -OCH3 is 2. The number of hydrogen-bond acceptors (Lipinski definition) is 5. The molecule has 0 aliphatic rings. The Bertz CT molecular complexity index is 436. The van der Waals surface area contributed by atoms with Gasteiger partial charge in [-0.05, 0) is 25.3 Å². The molecule has 0 aliphatic carbocycles. The number of carbonyl (C=O) groups is 2. The van der Waals surface area contributed by atoms with Crippen molar-refractivity contribution in [2.45, 2.75) is 161 Å². The van der Waals surface area contributed by atoms with Crippen LogP contribution in [0.3, 0.4) is 0 Å². The molecular weight excluding hydrogens is 488 g/mol. The highest BCUT2D eigenvalue weighted by molar-refractivity contribution is 7.94. The molecule has 0 heterocycles. The standard InChI is InChI=1S/C28H56O4Si.CH2OS/c1-4-5-6-7-20-23-26-33-32-27(29)24-21-18-16-14-12-10-8-9-11-13-15-17-19-22-25-28(30-2)31-3;2-1-3/h28H,4-26H2,1-3H3;1H,(H,2,3). The molecule has 2 radical (unpaired) electrons. The molecule has 0 fully saturated rings. The van der Waals surface area contributed by atoms with Crippen molar-refractivity contribution in [3.63, 3.8) is 0 Å². The predicted molar refractivity (Wildman–Crippen MR) is 157 cm³/mol. The molecule has 5 nitrogen and oxygen atoms in total. The highest BCUT2D eigenvalue weighted by Crippen LogP contribution is 2.15. The number of ether oxygens (including phenoxy) is 2. The van der Waals surface area contributed by atoms with Gasteiger partial charge in [-0.25, -0.2) is 0 Å². The van der Waals surface area contributed by atoms with Gasteiger partial charge in [-0.2, -0.15) is 0 Å². The van der Waals surface area contributed by atoms with Gasteiger partial charge < -0.3 is 13.9 Å². The van der Waals surface area contributed by atoms with E-state index in [1.807, 2.05) is 0 Å². The molecule has 214 valence electrons. The summed E-state index contributed by atoms with van der Waals surface area (Å²) in [6, 6.07) is 1.06. The Hall–Kier alpha value is -0.373. The third-order valence-electron chi connectivity index (χ3n) is 6.41. The molecule has 36 heavy (non-hydrogen) atoms. The van der Waals surface area contributed by atoms with Crippen LogP contribution < -0.4 is 0 Å². The van der Waals surface area contributed by atoms with Gasteiger partial charge >= 0.3 is 9.76 Å². The van der Waals surface area contributed by atoms with Crippen LogP contribution in [0.15, 0.2) is 0 Å². The Labute approximate surface area is 231 Å². The number of unbranched alkanes of at least 4 members (excludes halogenated alkanes) is 18. The fraction of sp³-hybridized carbons (Fsp3) is 0.931. The second kappa shape index (κ2) is 34.6. The lowest BCUT2D eigenvalue weighted by molar-refractivity contribution is -0.134. The van der Waals surface area contributed by atoms with Crippen LogP contribution in [0, 0.1) is 0 Å². The van der Waals surface area contributed by atoms with Gasteiger partial charge in [0.05, 0.1) is 0 Å². The van der Waals surface area contributed by atoms with Gasteiger partial charge in [-0.3, -0.25) is 9.59 Å². The molecule has 0 aromatic heterocycles. The van der Waals surface area contributed by atoms with Gasteiger partial charge in [-0.1, -0.05) is 122 Å². The summed E-state index contributed by atoms with van der Waals surface area (Å²) in [6.07, 6.45) is 27.7. The van der Waals surface area contributed by atoms with E-state index in [2.05, 4.69) is 19.6 Å². The summed E-state index contributed by atoms with van der Waals surface area (Å²) in [6.45, 7) is 2.25. The van der Waals surface area contributed by atoms with E-state index in [1.165, 1.54) is 122 Å². The first kappa shape index (κ1) is 37.8. The normalized spacial score (nSPS) is 10.8. The molecule has 0 rings (SSSR count). The molecule has 0 saturated carbocycles. The Balaban J connectivity index is 0. The highest BCUT2D eigenvalue weighted by Gasteiger charge is 2.04. The third-order valence-corrected chi connectivity index (χ3v) is 7.34. The molecule has 0 spiro atoms. The maximum Gasteiger partial charge on any atom is 0.314 e. The average Bonchev–Trinajstić information content (AvgIpc) is 2.88. The predicted octanol–water partition coefficient (Wildman–Crippen LogP) is 8.89. The molecule has 0 N–H and O–H groups in total. The van der Waals surface area contributed by atoms with E-state index in [1.54, 1.807) is 14.2 Å². The summed E-state index contributed by atoms with van der Waals surface area (Å²) in [5, 5.41) is 0. The Morgan fingerprint density at radius 3 is 1.53 bits per heavy atom. The van der Waals surface area contributed by atoms with E-state index in [-0.39, 0.29) is 12.3 Å². The summed E-state index contributed by atoms with van der Waals surface area (Å²) in [4.78, 5) is 20.4. The topological polar surface area (TPSA) is 61.8 Å². The van der Waals surface area contributed by atoms with Crippen molar-refractivity contribution < 1.29 is 23.5 Å². The van der Waals surface area contributed by atoms with Crippen LogP contribution in [0.4, 0.5) is 0 Å². The number of thiol groups is 1. The Morgan fingerprint density at radius 1 is 0.694 bits per heavy atom. The molecule has 0 saturated heterocycles. The van der Waals surface area contributed by atoms with Crippen LogP contribution in [0.25, 0.3) is 0 Å². The average molecular weight is 547 g/mol. The molecule has 0 bridgehead atoms. The Kier molecular flexibility index (Phi) is 36.3. The van der Waals surface area contributed by atoms with E-state index in [9.17, 15) is 4.79 Å². The first-order chi connectivity index (χ1) is 17.7. The van der Waals surface area contributed by atoms with Crippen LogP contribution in [0.2, 0.25) is 6.04 Å². The van der Waals surface area contributed by atoms with Crippen LogP contribution in [-0.4, -0.2) is 41.9 Å². The van der Waals surface area contributed by atoms with Gasteiger partial charge in [-0.15, -0.1) is 12.6 Å². The number of rotatable bonds is 27. The van der Waals surface area contributed by atoms with Crippen LogP contribution in [0.1, 0.15) is 148 Å². The quantitative estimate of drug-likeness (QED) is 0.0366. The minimum absolute atomic E-state index is 0.0217. The van der Waals surface area contributed by atoms with Gasteiger partial charge in [0.25, 0.3) is 5.97 Å². The van der Waals surface area contributed by atoms with Gasteiger partial charge in [0.2, 0.25) is 0 Å². The molecule has 0 unspecified atom stereocenters. The molecule has 0 aromatic rings. The van der Waals surface area contributed by atoms with Crippen molar-refractivity contribution in [1.82, 2.24) is 0 Å². The van der Waals surface area contributed by atoms with Crippen LogP contribution in [-0.2, 0) is 23.5 Å². The SMILES string of the molecule is CCCCCCCC[Si]OC(=O)CCCCCCCCCCCCCCCCC(OC)OC.O=CS. The third kappa shape index (κ3) is 33.6. The monoisotopic (exact) mass is 546 g/mol. The van der Waals surface area contributed by atoms with Gasteiger partial charge in [0.15, 0.2) is 11.9 Å². The van der Waals surface area contributed by atoms with Crippen LogP contribution >= 0.6 is 12.6 Å². The van der Waals surface area contributed by atoms with Crippen molar-refractivity contribution in [1.29, 1.82) is 0 Å². The van der Waals surface area contributed by atoms with E-state index >= 15 is 0 Å². The lowest BCUT2D eigenvalue weighted by atomic mass is 10.0. The number of hydrogen-bond donors (Lipinski definition) is 1. The lowest BCUT2D eigenvalue weighted by Crippen LogP contribution is -2.12. The second-order valence-corrected chi connectivity index (χ2v) is 10.8. The molecular formula is C29H58O5SSi. The van der Waals surface area contributed by atoms with Crippen molar-refractivity contribution in [2.75, 3.05) is 14.2 Å². The summed E-state index contributed by atoms with van der Waals surface area (Å²) in [5.41, 5.74) is 0.444. The first-order valence-electron chi connectivity index (χ1n) is 14.7. The molecule has 0 atom stereocenters. The summed E-state index contributed by atoms with van der Waals surface area (Å²) >= 11 is 3.11. The molecule has 0 aliphatic heterocycles. The summed E-state index contributed by atoms with van der Waals surface area (Å²) < 4.78 is 15.8. The van der Waals surface area contributed by atoms with E-state index in [0.29, 0.717) is 21.8 Å². The van der Waals surface area contributed by atoms with Crippen molar-refractivity contribution >= 4 is 34.0 Å². The first-order valence-corrected chi connectivity index (χ1v) is 16.3. The zero-order chi connectivity index (χ0) is 27.0. The number of carbonyl (C=O) groups excluding carboxylic acids is 2. The lowest BCUT2D eigenvalue weighted by Gasteiger charge is -2.12. The van der Waals surface area contributed by atoms with E-state index < -0.39 is 0 Å². The van der Waals surface area contributed by atoms with Crippen LogP contribution in [0.5, 0.6) is 0 Å². The summed E-state index contributed by atoms with van der Waals surface area (Å²) in [7, 11) is 3.80. The fourth-order valence-corrected chi connectivity index (χ4v) is 4.95. The minimum atomic E-state index is -0.0219. The van der Waals surface area contributed by atoms with Crippen molar-refractivity contribution in [3.8, 4) is 0 Å². The molecule has 0 aromatic carbocycles. The molecule has 0 amide bonds. The minimum Gasteiger partial charge on any atom is -0.516 e. The zero-order valence-corrected chi connectivity index (χ0v) is 25.8. The zero-order valence-electron chi connectivity index (χ0n) is 23.9. The fourth-order valence-electron chi connectivity index (χ4n) is 4.19. The van der Waals surface area contributed by atoms with Gasteiger partial charge in [0.1, 0.15) is 0 Å². The van der Waals surface area contributed by atoms with Crippen molar-refractivity contribution in [3.05, 3.63) is 0 Å². The summed E-state index contributed by atoms with van der Waals surface area (Å²) in [5.74, 6) is 0.0217. The maximum atomic E-state index is 11.8. The Morgan fingerprint density at radius 2 is 1.08 bits per heavy atom.